The van der Waals surface area contributed by atoms with Crippen molar-refractivity contribution in [2.24, 2.45) is 4.99 Å². The van der Waals surface area contributed by atoms with Gasteiger partial charge in [0.1, 0.15) is 0 Å². The molecule has 3 N–H and O–H groups in total. The Morgan fingerprint density at radius 2 is 2.11 bits per heavy atom. The Kier molecular flexibility index (Phi) is 6.79. The monoisotopic (exact) mass is 385 g/mol. The van der Waals surface area contributed by atoms with Gasteiger partial charge in [-0.1, -0.05) is 25.1 Å². The van der Waals surface area contributed by atoms with E-state index in [4.69, 9.17) is 4.74 Å². The maximum Gasteiger partial charge on any atom is 0.409 e. The molecule has 28 heavy (non-hydrogen) atoms. The minimum Gasteiger partial charge on any atom is -0.453 e. The van der Waals surface area contributed by atoms with Gasteiger partial charge in [0.2, 0.25) is 0 Å². The molecule has 0 aliphatic carbocycles. The van der Waals surface area contributed by atoms with Crippen molar-refractivity contribution in [2.75, 3.05) is 33.8 Å². The number of aromatic amines is 1. The Labute approximate surface area is 166 Å². The maximum absolute atomic E-state index is 11.6. The molecule has 1 saturated heterocycles. The molecule has 152 valence electrons. The first kappa shape index (κ1) is 20.0. The highest BCUT2D eigenvalue weighted by Gasteiger charge is 2.23. The number of aryl methyl sites for hydroxylation is 1. The van der Waals surface area contributed by atoms with Crippen LogP contribution in [-0.4, -0.2) is 61.8 Å². The van der Waals surface area contributed by atoms with E-state index in [1.54, 1.807) is 11.9 Å². The van der Waals surface area contributed by atoms with Gasteiger partial charge >= 0.3 is 6.09 Å². The summed E-state index contributed by atoms with van der Waals surface area (Å²) in [4.78, 5) is 21.1. The van der Waals surface area contributed by atoms with Crippen LogP contribution in [0.1, 0.15) is 30.9 Å². The van der Waals surface area contributed by atoms with Gasteiger partial charge in [-0.05, 0) is 36.8 Å². The van der Waals surface area contributed by atoms with Crippen molar-refractivity contribution in [1.82, 2.24) is 20.5 Å². The fourth-order valence-electron chi connectivity index (χ4n) is 3.82. The fourth-order valence-corrected chi connectivity index (χ4v) is 3.82. The number of amides is 1. The topological polar surface area (TPSA) is 81.8 Å². The number of fused-ring (bicyclic) bond motifs is 1. The summed E-state index contributed by atoms with van der Waals surface area (Å²) in [6.07, 6.45) is 5.60. The van der Waals surface area contributed by atoms with Gasteiger partial charge in [0, 0.05) is 49.8 Å². The number of methoxy groups -OCH3 is 1. The van der Waals surface area contributed by atoms with E-state index in [0.717, 1.165) is 38.2 Å². The molecule has 0 bridgehead atoms. The third-order valence-corrected chi connectivity index (χ3v) is 5.45. The number of hydrogen-bond donors (Lipinski definition) is 3. The predicted octanol–water partition coefficient (Wildman–Crippen LogP) is 2.67. The molecule has 0 radical (unpaired) electrons. The number of rotatable bonds is 5. The molecule has 0 unspecified atom stereocenters. The second kappa shape index (κ2) is 9.48. The first-order valence-corrected chi connectivity index (χ1v) is 10.0. The fraction of sp³-hybridized carbons (Fsp3) is 0.524. The number of guanidine groups is 1. The molecule has 1 amide bonds. The van der Waals surface area contributed by atoms with E-state index in [2.05, 4.69) is 51.9 Å². The highest BCUT2D eigenvalue weighted by molar-refractivity contribution is 5.86. The van der Waals surface area contributed by atoms with E-state index in [1.807, 2.05) is 0 Å². The molecule has 2 heterocycles. The van der Waals surface area contributed by atoms with Crippen molar-refractivity contribution in [3.8, 4) is 0 Å². The van der Waals surface area contributed by atoms with E-state index in [-0.39, 0.29) is 6.09 Å². The molecule has 1 aromatic carbocycles. The summed E-state index contributed by atoms with van der Waals surface area (Å²) in [5.74, 6) is 0.811. The van der Waals surface area contributed by atoms with Gasteiger partial charge in [0.05, 0.1) is 7.11 Å². The highest BCUT2D eigenvalue weighted by Crippen LogP contribution is 2.22. The van der Waals surface area contributed by atoms with Gasteiger partial charge in [-0.3, -0.25) is 4.99 Å². The molecule has 7 nitrogen and oxygen atoms in total. The van der Waals surface area contributed by atoms with Gasteiger partial charge in [0.25, 0.3) is 0 Å². The molecule has 0 saturated carbocycles. The molecule has 1 aliphatic rings. The van der Waals surface area contributed by atoms with Crippen LogP contribution in [0.25, 0.3) is 10.9 Å². The number of nitrogens with one attached hydrogen (secondary N) is 3. The lowest BCUT2D eigenvalue weighted by molar-refractivity contribution is 0.111. The number of para-hydroxylation sites is 1. The maximum atomic E-state index is 11.6. The van der Waals surface area contributed by atoms with Crippen LogP contribution in [0.5, 0.6) is 0 Å². The van der Waals surface area contributed by atoms with Crippen LogP contribution < -0.4 is 10.6 Å². The third-order valence-electron chi connectivity index (χ3n) is 5.45. The van der Waals surface area contributed by atoms with E-state index in [1.165, 1.54) is 29.1 Å². The number of carbonyl (C=O) groups excluding carboxylic acids is 1. The van der Waals surface area contributed by atoms with Crippen LogP contribution in [-0.2, 0) is 17.6 Å². The Hall–Kier alpha value is -2.70. The van der Waals surface area contributed by atoms with Gasteiger partial charge in [-0.15, -0.1) is 0 Å². The Morgan fingerprint density at radius 3 is 2.79 bits per heavy atom. The SMILES string of the molecule is CCc1cccc2c(CCNC(=NC)NC3CCN(C(=O)OC)CC3)c[nH]c12. The zero-order valence-electron chi connectivity index (χ0n) is 17.0. The number of hydrogen-bond acceptors (Lipinski definition) is 3. The van der Waals surface area contributed by atoms with Crippen LogP contribution in [0.2, 0.25) is 0 Å². The van der Waals surface area contributed by atoms with Crippen molar-refractivity contribution in [3.05, 3.63) is 35.5 Å². The summed E-state index contributed by atoms with van der Waals surface area (Å²) in [5.41, 5.74) is 3.92. The smallest absolute Gasteiger partial charge is 0.409 e. The summed E-state index contributed by atoms with van der Waals surface area (Å²) in [5, 5.41) is 8.19. The molecule has 1 aliphatic heterocycles. The van der Waals surface area contributed by atoms with Crippen molar-refractivity contribution in [1.29, 1.82) is 0 Å². The largest absolute Gasteiger partial charge is 0.453 e. The molecule has 2 aromatic rings. The van der Waals surface area contributed by atoms with E-state index >= 15 is 0 Å². The van der Waals surface area contributed by atoms with Crippen LogP contribution in [0.3, 0.4) is 0 Å². The lowest BCUT2D eigenvalue weighted by Crippen LogP contribution is -2.50. The van der Waals surface area contributed by atoms with Crippen LogP contribution in [0.4, 0.5) is 4.79 Å². The zero-order chi connectivity index (χ0) is 19.9. The number of ether oxygens (including phenoxy) is 1. The first-order valence-electron chi connectivity index (χ1n) is 10.0. The predicted molar refractivity (Wildman–Crippen MR) is 113 cm³/mol. The van der Waals surface area contributed by atoms with Gasteiger partial charge in [0.15, 0.2) is 5.96 Å². The summed E-state index contributed by atoms with van der Waals surface area (Å²) in [7, 11) is 3.22. The number of likely N-dealkylation sites (tertiary alicyclic amines) is 1. The quantitative estimate of drug-likeness (QED) is 0.546. The molecule has 0 spiro atoms. The number of piperidine rings is 1. The molecular formula is C21H31N5O2. The Balaban J connectivity index is 1.48. The average Bonchev–Trinajstić information content (AvgIpc) is 3.16. The number of nitrogens with zero attached hydrogens (tertiary/aromatic N) is 2. The van der Waals surface area contributed by atoms with E-state index < -0.39 is 0 Å². The second-order valence-electron chi connectivity index (χ2n) is 7.13. The normalized spacial score (nSPS) is 15.7. The standard InChI is InChI=1S/C21H31N5O2/c1-4-15-6-5-7-18-16(14-24-19(15)18)8-11-23-20(22-2)25-17-9-12-26(13-10-17)21(27)28-3/h5-7,14,17,24H,4,8-13H2,1-3H3,(H2,22,23,25). The van der Waals surface area contributed by atoms with Crippen LogP contribution in [0, 0.1) is 0 Å². The van der Waals surface area contributed by atoms with Crippen molar-refractivity contribution < 1.29 is 9.53 Å². The molecule has 3 rings (SSSR count). The molecule has 0 atom stereocenters. The summed E-state index contributed by atoms with van der Waals surface area (Å²) < 4.78 is 4.79. The van der Waals surface area contributed by atoms with Gasteiger partial charge < -0.3 is 25.3 Å². The number of aliphatic imine (C=N–C) groups is 1. The van der Waals surface area contributed by atoms with E-state index in [0.29, 0.717) is 19.1 Å². The van der Waals surface area contributed by atoms with E-state index in [9.17, 15) is 4.79 Å². The molecule has 1 fully saturated rings. The van der Waals surface area contributed by atoms with Crippen LogP contribution >= 0.6 is 0 Å². The summed E-state index contributed by atoms with van der Waals surface area (Å²) in [6.45, 7) is 4.40. The number of H-pyrrole nitrogens is 1. The molecule has 7 heteroatoms. The molecular weight excluding hydrogens is 354 g/mol. The first-order chi connectivity index (χ1) is 13.7. The Bertz CT molecular complexity index is 821. The van der Waals surface area contributed by atoms with Crippen molar-refractivity contribution in [2.45, 2.75) is 38.6 Å². The van der Waals surface area contributed by atoms with Crippen LogP contribution in [0.15, 0.2) is 29.4 Å². The Morgan fingerprint density at radius 1 is 1.32 bits per heavy atom. The third kappa shape index (κ3) is 4.58. The number of aromatic nitrogens is 1. The zero-order valence-corrected chi connectivity index (χ0v) is 17.0. The van der Waals surface area contributed by atoms with Crippen molar-refractivity contribution >= 4 is 23.0 Å². The lowest BCUT2D eigenvalue weighted by Gasteiger charge is -2.32. The minimum atomic E-state index is -0.245. The van der Waals surface area contributed by atoms with Crippen molar-refractivity contribution in [3.63, 3.8) is 0 Å². The minimum absolute atomic E-state index is 0.245. The number of carbonyl (C=O) groups is 1. The lowest BCUT2D eigenvalue weighted by atomic mass is 10.1. The molecule has 1 aromatic heterocycles. The van der Waals surface area contributed by atoms with Gasteiger partial charge in [-0.25, -0.2) is 4.79 Å². The second-order valence-corrected chi connectivity index (χ2v) is 7.13. The number of benzene rings is 1. The summed E-state index contributed by atoms with van der Waals surface area (Å²) in [6, 6.07) is 6.81. The highest BCUT2D eigenvalue weighted by atomic mass is 16.5. The average molecular weight is 386 g/mol. The van der Waals surface area contributed by atoms with Gasteiger partial charge in [-0.2, -0.15) is 0 Å². The summed E-state index contributed by atoms with van der Waals surface area (Å²) >= 11 is 0.